The Hall–Kier alpha value is -0.870. The van der Waals surface area contributed by atoms with Crippen LogP contribution in [0.5, 0.6) is 0 Å². The molecule has 0 heterocycles. The molecule has 0 saturated heterocycles. The average Bonchev–Trinajstić information content (AvgIpc) is 2.28. The van der Waals surface area contributed by atoms with Gasteiger partial charge in [0.05, 0.1) is 0 Å². The number of nitrogens with zero attached hydrogens (tertiary/aromatic N) is 2. The zero-order chi connectivity index (χ0) is 13.0. The highest BCUT2D eigenvalue weighted by molar-refractivity contribution is 9.10. The van der Waals surface area contributed by atoms with E-state index >= 15 is 0 Å². The zero-order valence-electron chi connectivity index (χ0n) is 10.8. The predicted octanol–water partition coefficient (Wildman–Crippen LogP) is 2.39. The minimum absolute atomic E-state index is 0.0747. The third-order valence-electron chi connectivity index (χ3n) is 2.73. The summed E-state index contributed by atoms with van der Waals surface area (Å²) in [6.07, 6.45) is 0. The van der Waals surface area contributed by atoms with E-state index in [0.717, 1.165) is 28.7 Å². The number of rotatable bonds is 4. The van der Waals surface area contributed by atoms with Crippen LogP contribution in [0, 0.1) is 6.92 Å². The highest BCUT2D eigenvalue weighted by Gasteiger charge is 2.14. The summed E-state index contributed by atoms with van der Waals surface area (Å²) in [5.41, 5.74) is 1.76. The van der Waals surface area contributed by atoms with Crippen LogP contribution >= 0.6 is 15.9 Å². The van der Waals surface area contributed by atoms with Crippen molar-refractivity contribution in [1.29, 1.82) is 0 Å². The van der Waals surface area contributed by atoms with Gasteiger partial charge in [0.2, 0.25) is 0 Å². The molecule has 0 radical (unpaired) electrons. The van der Waals surface area contributed by atoms with E-state index in [0.29, 0.717) is 0 Å². The Balaban J connectivity index is 2.78. The van der Waals surface area contributed by atoms with Crippen molar-refractivity contribution < 1.29 is 4.79 Å². The van der Waals surface area contributed by atoms with Crippen molar-refractivity contribution in [2.24, 2.45) is 0 Å². The van der Waals surface area contributed by atoms with Crippen LogP contribution in [0.25, 0.3) is 0 Å². The first-order valence-corrected chi connectivity index (χ1v) is 6.38. The molecule has 0 unspecified atom stereocenters. The SMILES string of the molecule is Cc1c(Br)cccc1C(=O)N(C)CCN(C)C. The molecule has 0 aliphatic heterocycles. The van der Waals surface area contributed by atoms with E-state index in [9.17, 15) is 4.79 Å². The Morgan fingerprint density at radius 2 is 1.88 bits per heavy atom. The fourth-order valence-electron chi connectivity index (χ4n) is 1.50. The Morgan fingerprint density at radius 3 is 2.47 bits per heavy atom. The predicted molar refractivity (Wildman–Crippen MR) is 74.4 cm³/mol. The van der Waals surface area contributed by atoms with Gasteiger partial charge in [-0.05, 0) is 38.7 Å². The third-order valence-corrected chi connectivity index (χ3v) is 3.59. The van der Waals surface area contributed by atoms with Gasteiger partial charge >= 0.3 is 0 Å². The smallest absolute Gasteiger partial charge is 0.253 e. The standard InChI is InChI=1S/C13H19BrN2O/c1-10-11(6-5-7-12(10)14)13(17)16(4)9-8-15(2)3/h5-7H,8-9H2,1-4H3. The second-order valence-corrected chi connectivity index (χ2v) is 5.30. The minimum Gasteiger partial charge on any atom is -0.340 e. The maximum atomic E-state index is 12.2. The summed E-state index contributed by atoms with van der Waals surface area (Å²) < 4.78 is 0.976. The third kappa shape index (κ3) is 3.82. The van der Waals surface area contributed by atoms with Crippen molar-refractivity contribution in [1.82, 2.24) is 9.80 Å². The van der Waals surface area contributed by atoms with Crippen LogP contribution in [0.1, 0.15) is 15.9 Å². The monoisotopic (exact) mass is 298 g/mol. The number of halogens is 1. The maximum absolute atomic E-state index is 12.2. The van der Waals surface area contributed by atoms with Gasteiger partial charge in [0.25, 0.3) is 5.91 Å². The lowest BCUT2D eigenvalue weighted by Gasteiger charge is -2.20. The van der Waals surface area contributed by atoms with Crippen LogP contribution in [0.3, 0.4) is 0 Å². The highest BCUT2D eigenvalue weighted by atomic mass is 79.9. The second kappa shape index (κ2) is 6.17. The number of benzene rings is 1. The molecule has 0 bridgehead atoms. The molecule has 3 nitrogen and oxygen atoms in total. The van der Waals surface area contributed by atoms with Gasteiger partial charge in [0.15, 0.2) is 0 Å². The molecule has 0 saturated carbocycles. The van der Waals surface area contributed by atoms with E-state index in [1.54, 1.807) is 4.90 Å². The highest BCUT2D eigenvalue weighted by Crippen LogP contribution is 2.20. The number of likely N-dealkylation sites (N-methyl/N-ethyl adjacent to an activating group) is 2. The summed E-state index contributed by atoms with van der Waals surface area (Å²) in [5.74, 6) is 0.0747. The van der Waals surface area contributed by atoms with Gasteiger partial charge in [-0.1, -0.05) is 22.0 Å². The molecule has 0 spiro atoms. The van der Waals surface area contributed by atoms with Crippen LogP contribution in [0.15, 0.2) is 22.7 Å². The minimum atomic E-state index is 0.0747. The summed E-state index contributed by atoms with van der Waals surface area (Å²) in [4.78, 5) is 16.0. The summed E-state index contributed by atoms with van der Waals surface area (Å²) in [5, 5.41) is 0. The van der Waals surface area contributed by atoms with Gasteiger partial charge in [-0.15, -0.1) is 0 Å². The quantitative estimate of drug-likeness (QED) is 0.852. The zero-order valence-corrected chi connectivity index (χ0v) is 12.4. The number of hydrogen-bond donors (Lipinski definition) is 0. The van der Waals surface area contributed by atoms with Gasteiger partial charge < -0.3 is 9.80 Å². The second-order valence-electron chi connectivity index (χ2n) is 4.44. The van der Waals surface area contributed by atoms with Gasteiger partial charge in [0.1, 0.15) is 0 Å². The first kappa shape index (κ1) is 14.2. The van der Waals surface area contributed by atoms with Gasteiger partial charge in [-0.2, -0.15) is 0 Å². The lowest BCUT2D eigenvalue weighted by molar-refractivity contribution is 0.0785. The van der Waals surface area contributed by atoms with Crippen LogP contribution in [0.2, 0.25) is 0 Å². The van der Waals surface area contributed by atoms with Crippen molar-refractivity contribution in [3.05, 3.63) is 33.8 Å². The van der Waals surface area contributed by atoms with Gasteiger partial charge in [-0.25, -0.2) is 0 Å². The largest absolute Gasteiger partial charge is 0.340 e. The molecule has 0 atom stereocenters. The molecular formula is C13H19BrN2O. The fraction of sp³-hybridized carbons (Fsp3) is 0.462. The van der Waals surface area contributed by atoms with E-state index in [-0.39, 0.29) is 5.91 Å². The molecular weight excluding hydrogens is 280 g/mol. The van der Waals surface area contributed by atoms with Crippen LogP contribution in [-0.2, 0) is 0 Å². The van der Waals surface area contributed by atoms with Crippen molar-refractivity contribution in [3.63, 3.8) is 0 Å². The summed E-state index contributed by atoms with van der Waals surface area (Å²) >= 11 is 3.45. The number of amides is 1. The Kier molecular flexibility index (Phi) is 5.15. The van der Waals surface area contributed by atoms with E-state index in [1.807, 2.05) is 46.3 Å². The first-order chi connectivity index (χ1) is 7.93. The van der Waals surface area contributed by atoms with Crippen LogP contribution in [0.4, 0.5) is 0 Å². The van der Waals surface area contributed by atoms with Crippen LogP contribution < -0.4 is 0 Å². The number of carbonyl (C=O) groups is 1. The van der Waals surface area contributed by atoms with Gasteiger partial charge in [-0.3, -0.25) is 4.79 Å². The molecule has 1 amide bonds. The first-order valence-electron chi connectivity index (χ1n) is 5.58. The number of hydrogen-bond acceptors (Lipinski definition) is 2. The molecule has 17 heavy (non-hydrogen) atoms. The normalized spacial score (nSPS) is 10.7. The summed E-state index contributed by atoms with van der Waals surface area (Å²) in [6, 6.07) is 5.71. The molecule has 0 fully saturated rings. The van der Waals surface area contributed by atoms with Crippen molar-refractivity contribution in [3.8, 4) is 0 Å². The molecule has 0 aromatic heterocycles. The molecule has 94 valence electrons. The van der Waals surface area contributed by atoms with Crippen molar-refractivity contribution in [2.75, 3.05) is 34.2 Å². The van der Waals surface area contributed by atoms with Crippen molar-refractivity contribution >= 4 is 21.8 Å². The van der Waals surface area contributed by atoms with Crippen molar-refractivity contribution in [2.45, 2.75) is 6.92 Å². The molecule has 0 N–H and O–H groups in total. The Bertz CT molecular complexity index is 404. The molecule has 0 aliphatic carbocycles. The topological polar surface area (TPSA) is 23.6 Å². The molecule has 1 aromatic rings. The van der Waals surface area contributed by atoms with E-state index in [2.05, 4.69) is 20.8 Å². The summed E-state index contributed by atoms with van der Waals surface area (Å²) in [6.45, 7) is 3.56. The van der Waals surface area contributed by atoms with E-state index < -0.39 is 0 Å². The molecule has 0 aliphatic rings. The Morgan fingerprint density at radius 1 is 1.24 bits per heavy atom. The molecule has 4 heteroatoms. The lowest BCUT2D eigenvalue weighted by Crippen LogP contribution is -2.33. The molecule has 1 aromatic carbocycles. The maximum Gasteiger partial charge on any atom is 0.253 e. The van der Waals surface area contributed by atoms with E-state index in [1.165, 1.54) is 0 Å². The fourth-order valence-corrected chi connectivity index (χ4v) is 1.86. The summed E-state index contributed by atoms with van der Waals surface area (Å²) in [7, 11) is 5.84. The Labute approximate surface area is 112 Å². The van der Waals surface area contributed by atoms with Crippen LogP contribution in [-0.4, -0.2) is 49.9 Å². The number of carbonyl (C=O) groups excluding carboxylic acids is 1. The van der Waals surface area contributed by atoms with Gasteiger partial charge in [0, 0.05) is 30.2 Å². The lowest BCUT2D eigenvalue weighted by atomic mass is 10.1. The average molecular weight is 299 g/mol. The molecule has 1 rings (SSSR count). The van der Waals surface area contributed by atoms with E-state index in [4.69, 9.17) is 0 Å².